The molecule has 0 aromatic rings. The van der Waals surface area contributed by atoms with Gasteiger partial charge in [-0.2, -0.15) is 0 Å². The summed E-state index contributed by atoms with van der Waals surface area (Å²) in [7, 11) is 0. The third-order valence-corrected chi connectivity index (χ3v) is 1.40. The van der Waals surface area contributed by atoms with Gasteiger partial charge in [-0.3, -0.25) is 0 Å². The first kappa shape index (κ1) is 14.8. The van der Waals surface area contributed by atoms with Crippen LogP contribution in [-0.4, -0.2) is 37.0 Å². The van der Waals surface area contributed by atoms with Gasteiger partial charge in [-0.1, -0.05) is 18.7 Å². The van der Waals surface area contributed by atoms with Gasteiger partial charge in [0, 0.05) is 5.57 Å². The summed E-state index contributed by atoms with van der Waals surface area (Å²) in [6.45, 7) is 10.4. The first-order valence-corrected chi connectivity index (χ1v) is 4.83. The van der Waals surface area contributed by atoms with Crippen LogP contribution in [0, 0.1) is 0 Å². The van der Waals surface area contributed by atoms with E-state index in [4.69, 9.17) is 9.62 Å². The van der Waals surface area contributed by atoms with Crippen LogP contribution in [0.15, 0.2) is 24.3 Å². The number of hydrogen-bond donors (Lipinski definition) is 1. The second kappa shape index (κ2) is 8.04. The number of carbonyl (C=O) groups is 1. The molecular formula is C11H18O5. The molecule has 0 bridgehead atoms. The second-order valence-corrected chi connectivity index (χ2v) is 3.54. The molecule has 0 saturated carbocycles. The van der Waals surface area contributed by atoms with Crippen molar-refractivity contribution >= 4 is 5.97 Å². The highest BCUT2D eigenvalue weighted by Gasteiger charge is 2.09. The van der Waals surface area contributed by atoms with Gasteiger partial charge in [0.2, 0.25) is 0 Å². The Morgan fingerprint density at radius 3 is 2.38 bits per heavy atom. The van der Waals surface area contributed by atoms with E-state index >= 15 is 0 Å². The Bertz CT molecular complexity index is 259. The fourth-order valence-electron chi connectivity index (χ4n) is 0.612. The molecule has 0 aromatic heterocycles. The van der Waals surface area contributed by atoms with E-state index in [0.717, 1.165) is 5.57 Å². The van der Waals surface area contributed by atoms with Crippen LogP contribution in [0.2, 0.25) is 0 Å². The average Bonchev–Trinajstić information content (AvgIpc) is 2.20. The van der Waals surface area contributed by atoms with Crippen molar-refractivity contribution < 1.29 is 24.4 Å². The molecule has 1 unspecified atom stereocenters. The molecule has 0 fully saturated rings. The lowest BCUT2D eigenvalue weighted by molar-refractivity contribution is -0.300. The molecule has 0 radical (unpaired) electrons. The fraction of sp³-hybridized carbons (Fsp3) is 0.545. The van der Waals surface area contributed by atoms with E-state index in [1.54, 1.807) is 6.92 Å². The Labute approximate surface area is 95.2 Å². The number of carbonyl (C=O) groups excluding carboxylic acids is 1. The third-order valence-electron chi connectivity index (χ3n) is 1.40. The van der Waals surface area contributed by atoms with Gasteiger partial charge in [-0.25, -0.2) is 14.6 Å². The molecule has 92 valence electrons. The fourth-order valence-corrected chi connectivity index (χ4v) is 0.612. The lowest BCUT2D eigenvalue weighted by Gasteiger charge is -2.11. The summed E-state index contributed by atoms with van der Waals surface area (Å²) >= 11 is 0. The topological polar surface area (TPSA) is 65.0 Å². The molecule has 0 aromatic carbocycles. The molecule has 5 heteroatoms. The van der Waals surface area contributed by atoms with Gasteiger partial charge in [0.25, 0.3) is 0 Å². The van der Waals surface area contributed by atoms with E-state index in [0.29, 0.717) is 0 Å². The van der Waals surface area contributed by atoms with Crippen LogP contribution >= 0.6 is 0 Å². The molecule has 5 nitrogen and oxygen atoms in total. The van der Waals surface area contributed by atoms with Crippen LogP contribution in [-0.2, 0) is 19.3 Å². The van der Waals surface area contributed by atoms with Gasteiger partial charge >= 0.3 is 5.97 Å². The van der Waals surface area contributed by atoms with Gasteiger partial charge < -0.3 is 9.84 Å². The molecule has 1 N–H and O–H groups in total. The van der Waals surface area contributed by atoms with Crippen LogP contribution in [0.1, 0.15) is 13.8 Å². The zero-order valence-corrected chi connectivity index (χ0v) is 9.69. The maximum atomic E-state index is 11.0. The van der Waals surface area contributed by atoms with Gasteiger partial charge in [0.05, 0.1) is 0 Å². The minimum absolute atomic E-state index is 0.0727. The monoisotopic (exact) mass is 230 g/mol. The number of ether oxygens (including phenoxy) is 1. The Balaban J connectivity index is 3.51. The van der Waals surface area contributed by atoms with Crippen LogP contribution in [0.25, 0.3) is 0 Å². The van der Waals surface area contributed by atoms with Gasteiger partial charge in [0.1, 0.15) is 25.9 Å². The quantitative estimate of drug-likeness (QED) is 0.168. The second-order valence-electron chi connectivity index (χ2n) is 3.54. The van der Waals surface area contributed by atoms with Gasteiger partial charge in [-0.15, -0.1) is 0 Å². The predicted octanol–water partition coefficient (Wildman–Crippen LogP) is 0.991. The van der Waals surface area contributed by atoms with Gasteiger partial charge in [-0.05, 0) is 13.8 Å². The van der Waals surface area contributed by atoms with E-state index < -0.39 is 12.1 Å². The molecule has 0 aliphatic rings. The average molecular weight is 230 g/mol. The maximum absolute atomic E-state index is 11.0. The Morgan fingerprint density at radius 1 is 1.25 bits per heavy atom. The highest BCUT2D eigenvalue weighted by Crippen LogP contribution is 1.96. The zero-order chi connectivity index (χ0) is 12.6. The van der Waals surface area contributed by atoms with Crippen molar-refractivity contribution in [2.75, 3.05) is 19.8 Å². The maximum Gasteiger partial charge on any atom is 0.333 e. The molecule has 0 amide bonds. The Hall–Kier alpha value is -1.17. The molecule has 0 aliphatic heterocycles. The van der Waals surface area contributed by atoms with Crippen molar-refractivity contribution in [1.29, 1.82) is 0 Å². The lowest BCUT2D eigenvalue weighted by Crippen LogP contribution is -2.24. The smallest absolute Gasteiger partial charge is 0.333 e. The number of esters is 1. The largest absolute Gasteiger partial charge is 0.460 e. The van der Waals surface area contributed by atoms with Crippen LogP contribution in [0.3, 0.4) is 0 Å². The van der Waals surface area contributed by atoms with Crippen molar-refractivity contribution in [3.8, 4) is 0 Å². The molecule has 0 heterocycles. The zero-order valence-electron chi connectivity index (χ0n) is 9.69. The highest BCUT2D eigenvalue weighted by atomic mass is 17.2. The van der Waals surface area contributed by atoms with E-state index in [1.165, 1.54) is 6.92 Å². The Morgan fingerprint density at radius 2 is 1.88 bits per heavy atom. The lowest BCUT2D eigenvalue weighted by atomic mass is 10.3. The first-order valence-electron chi connectivity index (χ1n) is 4.83. The molecule has 0 spiro atoms. The van der Waals surface area contributed by atoms with E-state index in [-0.39, 0.29) is 25.4 Å². The van der Waals surface area contributed by atoms with Crippen LogP contribution in [0.4, 0.5) is 0 Å². The summed E-state index contributed by atoms with van der Waals surface area (Å²) < 4.78 is 4.70. The van der Waals surface area contributed by atoms with E-state index in [2.05, 4.69) is 18.0 Å². The minimum Gasteiger partial charge on any atom is -0.460 e. The summed E-state index contributed by atoms with van der Waals surface area (Å²) in [5.41, 5.74) is 1.09. The summed E-state index contributed by atoms with van der Waals surface area (Å²) in [5, 5.41) is 9.31. The summed E-state index contributed by atoms with van der Waals surface area (Å²) in [6, 6.07) is 0. The summed E-state index contributed by atoms with van der Waals surface area (Å²) in [5.74, 6) is -0.540. The highest BCUT2D eigenvalue weighted by molar-refractivity contribution is 5.86. The number of aliphatic hydroxyl groups excluding tert-OH is 1. The first-order chi connectivity index (χ1) is 7.43. The SMILES string of the molecule is C=C(C)COOCC(O)COC(=O)C(=C)C. The van der Waals surface area contributed by atoms with Crippen molar-refractivity contribution in [1.82, 2.24) is 0 Å². The molecule has 0 aliphatic carbocycles. The van der Waals surface area contributed by atoms with Crippen molar-refractivity contribution in [3.05, 3.63) is 24.3 Å². The van der Waals surface area contributed by atoms with E-state index in [9.17, 15) is 9.90 Å². The van der Waals surface area contributed by atoms with Crippen LogP contribution in [0.5, 0.6) is 0 Å². The summed E-state index contributed by atoms with van der Waals surface area (Å²) in [4.78, 5) is 20.3. The minimum atomic E-state index is -0.923. The molecule has 0 rings (SSSR count). The van der Waals surface area contributed by atoms with Crippen LogP contribution < -0.4 is 0 Å². The van der Waals surface area contributed by atoms with Crippen molar-refractivity contribution in [3.63, 3.8) is 0 Å². The predicted molar refractivity (Wildman–Crippen MR) is 58.5 cm³/mol. The number of hydrogen-bond acceptors (Lipinski definition) is 5. The normalized spacial score (nSPS) is 11.9. The standard InChI is InChI=1S/C11H18O5/c1-8(2)5-15-16-7-10(12)6-14-11(13)9(3)4/h10,12H,1,3,5-7H2,2,4H3. The van der Waals surface area contributed by atoms with Crippen molar-refractivity contribution in [2.45, 2.75) is 20.0 Å². The molecule has 1 atom stereocenters. The molecular weight excluding hydrogens is 212 g/mol. The number of aliphatic hydroxyl groups is 1. The molecule has 16 heavy (non-hydrogen) atoms. The Kier molecular flexibility index (Phi) is 7.45. The molecule has 0 saturated heterocycles. The van der Waals surface area contributed by atoms with Gasteiger partial charge in [0.15, 0.2) is 0 Å². The van der Waals surface area contributed by atoms with Crippen molar-refractivity contribution in [2.24, 2.45) is 0 Å². The van der Waals surface area contributed by atoms with E-state index in [1.807, 2.05) is 0 Å². The third kappa shape index (κ3) is 8.16. The number of rotatable bonds is 8. The summed E-state index contributed by atoms with van der Waals surface area (Å²) in [6.07, 6.45) is -0.923.